The van der Waals surface area contributed by atoms with Crippen LogP contribution in [0.2, 0.25) is 0 Å². The fourth-order valence-electron chi connectivity index (χ4n) is 1.93. The molecule has 0 radical (unpaired) electrons. The average Bonchev–Trinajstić information content (AvgIpc) is 2.33. The molecule has 1 unspecified atom stereocenters. The maximum atomic E-state index is 4.10. The summed E-state index contributed by atoms with van der Waals surface area (Å²) in [5.41, 5.74) is 3.80. The van der Waals surface area contributed by atoms with Gasteiger partial charge in [-0.05, 0) is 45.1 Å². The summed E-state index contributed by atoms with van der Waals surface area (Å²) in [5, 5.41) is 3.45. The zero-order valence-corrected chi connectivity index (χ0v) is 12.6. The highest BCUT2D eigenvalue weighted by molar-refractivity contribution is 5.23. The molecule has 0 amide bonds. The lowest BCUT2D eigenvalue weighted by molar-refractivity contribution is 0.669. The van der Waals surface area contributed by atoms with Crippen LogP contribution in [0.15, 0.2) is 48.2 Å². The summed E-state index contributed by atoms with van der Waals surface area (Å²) < 4.78 is 0. The Balaban J connectivity index is 4.19. The molecule has 1 nitrogen and oxygen atoms in total. The molecule has 0 aromatic carbocycles. The molecule has 1 atom stereocenters. The van der Waals surface area contributed by atoms with E-state index in [4.69, 9.17) is 0 Å². The van der Waals surface area contributed by atoms with E-state index in [0.717, 1.165) is 31.4 Å². The van der Waals surface area contributed by atoms with E-state index in [-0.39, 0.29) is 0 Å². The molecule has 0 aromatic heterocycles. The number of rotatable bonds is 9. The van der Waals surface area contributed by atoms with E-state index in [1.54, 1.807) is 0 Å². The standard InChI is InChI=1S/C17H29N/c1-7-10-14(4)12-13-15(5)18-16(6)17(9-3)11-8-2/h9-11,16,18H,3,5,7-8,12-13H2,1-2,4,6H3/b14-10?,17-11+. The van der Waals surface area contributed by atoms with Gasteiger partial charge in [0, 0.05) is 11.7 Å². The van der Waals surface area contributed by atoms with Crippen molar-refractivity contribution in [2.75, 3.05) is 0 Å². The van der Waals surface area contributed by atoms with Gasteiger partial charge in [0.2, 0.25) is 0 Å². The van der Waals surface area contributed by atoms with Gasteiger partial charge < -0.3 is 5.32 Å². The Morgan fingerprint density at radius 2 is 1.78 bits per heavy atom. The Morgan fingerprint density at radius 1 is 1.17 bits per heavy atom. The normalized spacial score (nSPS) is 14.2. The van der Waals surface area contributed by atoms with Crippen molar-refractivity contribution >= 4 is 0 Å². The number of hydrogen-bond donors (Lipinski definition) is 1. The molecule has 0 heterocycles. The van der Waals surface area contributed by atoms with E-state index >= 15 is 0 Å². The first-order valence-electron chi connectivity index (χ1n) is 6.97. The molecule has 0 saturated heterocycles. The number of allylic oxidation sites excluding steroid dienone is 4. The monoisotopic (exact) mass is 247 g/mol. The lowest BCUT2D eigenvalue weighted by Crippen LogP contribution is -2.26. The van der Waals surface area contributed by atoms with E-state index < -0.39 is 0 Å². The van der Waals surface area contributed by atoms with Crippen LogP contribution in [0.4, 0.5) is 0 Å². The molecule has 102 valence electrons. The minimum atomic E-state index is 0.297. The minimum Gasteiger partial charge on any atom is -0.382 e. The summed E-state index contributed by atoms with van der Waals surface area (Å²) in [7, 11) is 0. The van der Waals surface area contributed by atoms with Gasteiger partial charge in [-0.25, -0.2) is 0 Å². The van der Waals surface area contributed by atoms with Crippen molar-refractivity contribution in [3.8, 4) is 0 Å². The largest absolute Gasteiger partial charge is 0.382 e. The topological polar surface area (TPSA) is 12.0 Å². The Bertz CT molecular complexity index is 321. The maximum absolute atomic E-state index is 4.10. The van der Waals surface area contributed by atoms with E-state index in [0.29, 0.717) is 6.04 Å². The van der Waals surface area contributed by atoms with E-state index in [9.17, 15) is 0 Å². The summed E-state index contributed by atoms with van der Waals surface area (Å²) >= 11 is 0. The quantitative estimate of drug-likeness (QED) is 0.439. The molecule has 0 aliphatic carbocycles. The minimum absolute atomic E-state index is 0.297. The highest BCUT2D eigenvalue weighted by Crippen LogP contribution is 2.12. The summed E-state index contributed by atoms with van der Waals surface area (Å²) in [6, 6.07) is 0.297. The average molecular weight is 247 g/mol. The summed E-state index contributed by atoms with van der Waals surface area (Å²) in [4.78, 5) is 0. The van der Waals surface area contributed by atoms with Crippen molar-refractivity contribution in [3.63, 3.8) is 0 Å². The molecule has 0 spiro atoms. The molecule has 0 bridgehead atoms. The molecule has 0 aliphatic heterocycles. The van der Waals surface area contributed by atoms with E-state index in [1.807, 2.05) is 6.08 Å². The second-order valence-corrected chi connectivity index (χ2v) is 4.74. The number of hydrogen-bond acceptors (Lipinski definition) is 1. The zero-order valence-electron chi connectivity index (χ0n) is 12.6. The lowest BCUT2D eigenvalue weighted by atomic mass is 10.1. The molecule has 0 saturated carbocycles. The fraction of sp³-hybridized carbons (Fsp3) is 0.529. The molecule has 1 N–H and O–H groups in total. The van der Waals surface area contributed by atoms with Crippen LogP contribution in [0, 0.1) is 0 Å². The van der Waals surface area contributed by atoms with Crippen molar-refractivity contribution in [2.24, 2.45) is 0 Å². The van der Waals surface area contributed by atoms with Gasteiger partial charge in [0.15, 0.2) is 0 Å². The van der Waals surface area contributed by atoms with Gasteiger partial charge in [-0.15, -0.1) is 0 Å². The SMILES string of the molecule is C=C/C(=C\CC)C(C)NC(=C)CCC(C)=CCC. The molecule has 18 heavy (non-hydrogen) atoms. The highest BCUT2D eigenvalue weighted by atomic mass is 14.9. The van der Waals surface area contributed by atoms with Crippen LogP contribution >= 0.6 is 0 Å². The first kappa shape index (κ1) is 16.8. The summed E-state index contributed by atoms with van der Waals surface area (Å²) in [6.07, 6.45) is 10.7. The van der Waals surface area contributed by atoms with E-state index in [1.165, 1.54) is 11.1 Å². The Morgan fingerprint density at radius 3 is 2.28 bits per heavy atom. The van der Waals surface area contributed by atoms with Gasteiger partial charge in [-0.2, -0.15) is 0 Å². The molecule has 0 fully saturated rings. The van der Waals surface area contributed by atoms with Crippen LogP contribution < -0.4 is 5.32 Å². The van der Waals surface area contributed by atoms with Gasteiger partial charge in [0.05, 0.1) is 0 Å². The van der Waals surface area contributed by atoms with Crippen molar-refractivity contribution in [1.29, 1.82) is 0 Å². The molecule has 1 heteroatoms. The second-order valence-electron chi connectivity index (χ2n) is 4.74. The third-order valence-electron chi connectivity index (χ3n) is 2.97. The Labute approximate surface area is 113 Å². The number of nitrogens with one attached hydrogen (secondary N) is 1. The third kappa shape index (κ3) is 7.16. The van der Waals surface area contributed by atoms with E-state index in [2.05, 4.69) is 58.3 Å². The fourth-order valence-corrected chi connectivity index (χ4v) is 1.93. The molecular formula is C17H29N. The van der Waals surface area contributed by atoms with Crippen LogP contribution in [-0.4, -0.2) is 6.04 Å². The van der Waals surface area contributed by atoms with Gasteiger partial charge in [-0.3, -0.25) is 0 Å². The van der Waals surface area contributed by atoms with Gasteiger partial charge in [0.25, 0.3) is 0 Å². The highest BCUT2D eigenvalue weighted by Gasteiger charge is 2.05. The van der Waals surface area contributed by atoms with Crippen molar-refractivity contribution in [1.82, 2.24) is 5.32 Å². The summed E-state index contributed by atoms with van der Waals surface area (Å²) in [6.45, 7) is 16.6. The van der Waals surface area contributed by atoms with Crippen molar-refractivity contribution in [3.05, 3.63) is 48.2 Å². The summed E-state index contributed by atoms with van der Waals surface area (Å²) in [5.74, 6) is 0. The second kappa shape index (κ2) is 9.76. The van der Waals surface area contributed by atoms with Gasteiger partial charge in [-0.1, -0.05) is 50.8 Å². The first-order chi connectivity index (χ1) is 8.54. The van der Waals surface area contributed by atoms with Crippen LogP contribution in [0.25, 0.3) is 0 Å². The van der Waals surface area contributed by atoms with Gasteiger partial charge in [0.1, 0.15) is 0 Å². The third-order valence-corrected chi connectivity index (χ3v) is 2.97. The molecular weight excluding hydrogens is 218 g/mol. The molecule has 0 rings (SSSR count). The lowest BCUT2D eigenvalue weighted by Gasteiger charge is -2.18. The van der Waals surface area contributed by atoms with Crippen molar-refractivity contribution in [2.45, 2.75) is 59.4 Å². The van der Waals surface area contributed by atoms with Crippen molar-refractivity contribution < 1.29 is 0 Å². The van der Waals surface area contributed by atoms with Crippen LogP contribution in [-0.2, 0) is 0 Å². The molecule has 0 aliphatic rings. The smallest absolute Gasteiger partial charge is 0.0479 e. The predicted molar refractivity (Wildman–Crippen MR) is 83.6 cm³/mol. The first-order valence-corrected chi connectivity index (χ1v) is 6.97. The van der Waals surface area contributed by atoms with Gasteiger partial charge >= 0.3 is 0 Å². The van der Waals surface area contributed by atoms with Crippen LogP contribution in [0.3, 0.4) is 0 Å². The predicted octanol–water partition coefficient (Wildman–Crippen LogP) is 5.14. The van der Waals surface area contributed by atoms with Crippen LogP contribution in [0.5, 0.6) is 0 Å². The Kier molecular flexibility index (Phi) is 9.08. The Hall–Kier alpha value is -1.24. The zero-order chi connectivity index (χ0) is 14.0. The maximum Gasteiger partial charge on any atom is 0.0479 e. The van der Waals surface area contributed by atoms with Crippen LogP contribution in [0.1, 0.15) is 53.4 Å². The molecule has 0 aromatic rings.